The molecule has 194 valence electrons. The number of aliphatic carboxylic acids is 2. The minimum atomic E-state index is -0.870. The van der Waals surface area contributed by atoms with Gasteiger partial charge in [-0.25, -0.2) is 0 Å². The first-order valence-corrected chi connectivity index (χ1v) is 11.4. The molecule has 0 amide bonds. The van der Waals surface area contributed by atoms with Crippen molar-refractivity contribution in [2.45, 2.75) is 65.2 Å². The summed E-state index contributed by atoms with van der Waals surface area (Å²) in [4.78, 5) is 19.8. The number of aliphatic hydroxyl groups excluding tert-OH is 2. The molecule has 0 saturated carbocycles. The second kappa shape index (κ2) is 34.3. The number of rotatable bonds is 21. The molecule has 32 heavy (non-hydrogen) atoms. The minimum absolute atomic E-state index is 0.0628. The van der Waals surface area contributed by atoms with E-state index in [1.807, 2.05) is 0 Å². The van der Waals surface area contributed by atoms with Gasteiger partial charge in [-0.3, -0.25) is 9.59 Å². The summed E-state index contributed by atoms with van der Waals surface area (Å²) in [6, 6.07) is 0. The third kappa shape index (κ3) is 46.8. The molecule has 10 nitrogen and oxygen atoms in total. The number of carbonyl (C=O) groups is 2. The molecule has 0 radical (unpaired) electrons. The second-order valence-corrected chi connectivity index (χ2v) is 6.60. The van der Waals surface area contributed by atoms with Crippen LogP contribution in [0.25, 0.3) is 0 Å². The highest BCUT2D eigenvalue weighted by atomic mass is 16.5. The molecule has 0 fully saturated rings. The van der Waals surface area contributed by atoms with E-state index in [4.69, 9.17) is 39.4 Å². The zero-order valence-corrected chi connectivity index (χ0v) is 20.0. The van der Waals surface area contributed by atoms with Crippen LogP contribution in [0.4, 0.5) is 0 Å². The predicted molar refractivity (Wildman–Crippen MR) is 121 cm³/mol. The molecule has 4 N–H and O–H groups in total. The van der Waals surface area contributed by atoms with E-state index in [-0.39, 0.29) is 26.1 Å². The summed E-state index contributed by atoms with van der Waals surface area (Å²) in [6.07, 6.45) is 5.57. The Morgan fingerprint density at radius 1 is 0.531 bits per heavy atom. The van der Waals surface area contributed by atoms with Gasteiger partial charge >= 0.3 is 11.9 Å². The van der Waals surface area contributed by atoms with E-state index in [9.17, 15) is 9.59 Å². The fraction of sp³-hybridized carbons (Fsp3) is 0.909. The molecule has 0 aliphatic rings. The molecular formula is C22H46O10. The average molecular weight is 471 g/mol. The van der Waals surface area contributed by atoms with Crippen LogP contribution in [0.2, 0.25) is 0 Å². The quantitative estimate of drug-likeness (QED) is 0.184. The Hall–Kier alpha value is -1.30. The topological polar surface area (TPSA) is 152 Å². The Morgan fingerprint density at radius 2 is 0.844 bits per heavy atom. The van der Waals surface area contributed by atoms with Crippen LogP contribution < -0.4 is 0 Å². The van der Waals surface area contributed by atoms with Crippen molar-refractivity contribution in [3.8, 4) is 0 Å². The summed E-state index contributed by atoms with van der Waals surface area (Å²) in [7, 11) is 0. The Balaban J connectivity index is -0.000000395. The average Bonchev–Trinajstić information content (AvgIpc) is 2.76. The normalized spacial score (nSPS) is 10.0. The zero-order valence-electron chi connectivity index (χ0n) is 20.0. The van der Waals surface area contributed by atoms with Crippen LogP contribution in [-0.2, 0) is 28.5 Å². The summed E-state index contributed by atoms with van der Waals surface area (Å²) < 4.78 is 20.4. The number of hydrogen-bond acceptors (Lipinski definition) is 8. The lowest BCUT2D eigenvalue weighted by Crippen LogP contribution is -2.07. The molecule has 0 aromatic carbocycles. The van der Waals surface area contributed by atoms with E-state index in [1.165, 1.54) is 0 Å². The fourth-order valence-electron chi connectivity index (χ4n) is 1.82. The zero-order chi connectivity index (χ0) is 24.7. The van der Waals surface area contributed by atoms with Gasteiger partial charge in [-0.2, -0.15) is 0 Å². The Labute approximate surface area is 192 Å². The van der Waals surface area contributed by atoms with Gasteiger partial charge in [0, 0.05) is 26.1 Å². The molecule has 0 spiro atoms. The monoisotopic (exact) mass is 470 g/mol. The number of unbranched alkanes of at least 4 members (excludes halogenated alkanes) is 3. The minimum Gasteiger partial charge on any atom is -0.481 e. The summed E-state index contributed by atoms with van der Waals surface area (Å²) in [5.41, 5.74) is 0. The smallest absolute Gasteiger partial charge is 0.303 e. The Kier molecular flexibility index (Phi) is 37.8. The first kappa shape index (κ1) is 35.3. The molecule has 0 aromatic rings. The number of carboxylic acids is 2. The molecule has 0 saturated heterocycles. The van der Waals surface area contributed by atoms with Crippen LogP contribution in [0.15, 0.2) is 0 Å². The van der Waals surface area contributed by atoms with Gasteiger partial charge in [0.1, 0.15) is 0 Å². The van der Waals surface area contributed by atoms with Crippen molar-refractivity contribution in [3.05, 3.63) is 0 Å². The van der Waals surface area contributed by atoms with Crippen LogP contribution in [0.3, 0.4) is 0 Å². The van der Waals surface area contributed by atoms with Gasteiger partial charge in [-0.1, -0.05) is 26.7 Å². The van der Waals surface area contributed by atoms with E-state index in [1.54, 1.807) is 0 Å². The van der Waals surface area contributed by atoms with E-state index in [0.29, 0.717) is 52.5 Å². The van der Waals surface area contributed by atoms with Gasteiger partial charge in [0.05, 0.1) is 52.9 Å². The molecule has 0 atom stereocenters. The van der Waals surface area contributed by atoms with E-state index >= 15 is 0 Å². The maximum absolute atomic E-state index is 9.90. The number of aliphatic hydroxyl groups is 2. The van der Waals surface area contributed by atoms with Crippen molar-refractivity contribution in [1.82, 2.24) is 0 Å². The van der Waals surface area contributed by atoms with Crippen LogP contribution in [-0.4, -0.2) is 98.4 Å². The van der Waals surface area contributed by atoms with Crippen LogP contribution in [0.1, 0.15) is 65.2 Å². The summed E-state index contributed by atoms with van der Waals surface area (Å²) >= 11 is 0. The molecule has 0 bridgehead atoms. The van der Waals surface area contributed by atoms with Crippen molar-refractivity contribution in [2.75, 3.05) is 66.1 Å². The van der Waals surface area contributed by atoms with Crippen molar-refractivity contribution < 1.29 is 49.0 Å². The van der Waals surface area contributed by atoms with Crippen molar-refractivity contribution in [3.63, 3.8) is 0 Å². The standard InChI is InChI=1S/2C8H18O3.C6H10O4/c2*1-2-3-5-10-7-8-11-6-4-9;7-5(8)3-1-2-4-6(9)10/h2*9H,2-8H2,1H3;1-4H2,(H,7,8)(H,9,10). The largest absolute Gasteiger partial charge is 0.481 e. The Morgan fingerprint density at radius 3 is 1.09 bits per heavy atom. The lowest BCUT2D eigenvalue weighted by Gasteiger charge is -2.02. The Bertz CT molecular complexity index is 317. The van der Waals surface area contributed by atoms with Crippen molar-refractivity contribution >= 4 is 11.9 Å². The molecular weight excluding hydrogens is 424 g/mol. The van der Waals surface area contributed by atoms with Gasteiger partial charge in [-0.15, -0.1) is 0 Å². The third-order valence-corrected chi connectivity index (χ3v) is 3.53. The van der Waals surface area contributed by atoms with Crippen LogP contribution in [0, 0.1) is 0 Å². The lowest BCUT2D eigenvalue weighted by atomic mass is 10.2. The summed E-state index contributed by atoms with van der Waals surface area (Å²) in [5.74, 6) is -1.74. The van der Waals surface area contributed by atoms with Gasteiger partial charge in [0.2, 0.25) is 0 Å². The lowest BCUT2D eigenvalue weighted by molar-refractivity contribution is -0.139. The van der Waals surface area contributed by atoms with Gasteiger partial charge in [0.25, 0.3) is 0 Å². The van der Waals surface area contributed by atoms with Gasteiger partial charge in [0.15, 0.2) is 0 Å². The van der Waals surface area contributed by atoms with Crippen molar-refractivity contribution in [1.29, 1.82) is 0 Å². The SMILES string of the molecule is CCCCOCCOCCO.CCCCOCCOCCO.O=C(O)CCCCC(=O)O. The molecule has 0 aliphatic heterocycles. The highest BCUT2D eigenvalue weighted by Crippen LogP contribution is 1.98. The predicted octanol–water partition coefficient (Wildman–Crippen LogP) is 2.34. The van der Waals surface area contributed by atoms with E-state index in [2.05, 4.69) is 13.8 Å². The van der Waals surface area contributed by atoms with E-state index < -0.39 is 11.9 Å². The van der Waals surface area contributed by atoms with Crippen LogP contribution in [0.5, 0.6) is 0 Å². The maximum Gasteiger partial charge on any atom is 0.303 e. The second-order valence-electron chi connectivity index (χ2n) is 6.60. The molecule has 0 heterocycles. The number of carboxylic acid groups (broad SMARTS) is 2. The molecule has 10 heteroatoms. The van der Waals surface area contributed by atoms with Crippen LogP contribution >= 0.6 is 0 Å². The van der Waals surface area contributed by atoms with E-state index in [0.717, 1.165) is 38.9 Å². The summed E-state index contributed by atoms with van der Waals surface area (Å²) in [5, 5.41) is 32.9. The highest BCUT2D eigenvalue weighted by molar-refractivity contribution is 5.67. The van der Waals surface area contributed by atoms with Gasteiger partial charge in [-0.05, 0) is 25.7 Å². The van der Waals surface area contributed by atoms with Crippen molar-refractivity contribution in [2.24, 2.45) is 0 Å². The maximum atomic E-state index is 9.90. The highest BCUT2D eigenvalue weighted by Gasteiger charge is 1.99. The first-order valence-electron chi connectivity index (χ1n) is 11.4. The first-order chi connectivity index (χ1) is 15.5. The fourth-order valence-corrected chi connectivity index (χ4v) is 1.82. The third-order valence-electron chi connectivity index (χ3n) is 3.53. The number of hydrogen-bond donors (Lipinski definition) is 4. The molecule has 0 unspecified atom stereocenters. The van der Waals surface area contributed by atoms with Gasteiger partial charge < -0.3 is 39.4 Å². The summed E-state index contributed by atoms with van der Waals surface area (Å²) in [6.45, 7) is 9.36. The molecule has 0 aliphatic carbocycles. The molecule has 0 aromatic heterocycles. The number of ether oxygens (including phenoxy) is 4. The molecule has 0 rings (SSSR count).